The summed E-state index contributed by atoms with van der Waals surface area (Å²) in [5, 5.41) is 18.6. The number of amidine groups is 1. The number of nitrogens with two attached hydrogens (primary N) is 1. The largest absolute Gasteiger partial charge is 0.414 e. The van der Waals surface area contributed by atoms with E-state index in [2.05, 4.69) is 43.8 Å². The third-order valence-electron chi connectivity index (χ3n) is 6.18. The summed E-state index contributed by atoms with van der Waals surface area (Å²) in [7, 11) is -2.02. The minimum absolute atomic E-state index is 0.0493. The summed E-state index contributed by atoms with van der Waals surface area (Å²) in [5.74, 6) is -2.49. The van der Waals surface area contributed by atoms with E-state index in [1.807, 2.05) is 13.8 Å². The van der Waals surface area contributed by atoms with Crippen LogP contribution in [0.5, 0.6) is 0 Å². The fraction of sp³-hybridized carbons (Fsp3) is 0.700. The van der Waals surface area contributed by atoms with Crippen molar-refractivity contribution in [2.75, 3.05) is 6.61 Å². The SMILES string of the molecule is CC1(C)O[C@H]2[C@@H](O1)C(O)(c1ccc(C(N)=NC=N)[nH]1)O[C@@H]2CO[Si](C)(C)C(C)(C)C. The molecule has 9 nitrogen and oxygen atoms in total. The molecule has 168 valence electrons. The van der Waals surface area contributed by atoms with Crippen LogP contribution in [0.4, 0.5) is 0 Å². The Kier molecular flexibility index (Phi) is 5.81. The van der Waals surface area contributed by atoms with Gasteiger partial charge in [-0.1, -0.05) is 20.8 Å². The average Bonchev–Trinajstić information content (AvgIpc) is 3.28. The van der Waals surface area contributed by atoms with Gasteiger partial charge in [0.2, 0.25) is 5.79 Å². The summed E-state index contributed by atoms with van der Waals surface area (Å²) < 4.78 is 24.6. The van der Waals surface area contributed by atoms with Crippen molar-refractivity contribution in [3.05, 3.63) is 23.5 Å². The minimum Gasteiger partial charge on any atom is -0.414 e. The fourth-order valence-corrected chi connectivity index (χ4v) is 4.49. The third-order valence-corrected chi connectivity index (χ3v) is 10.7. The van der Waals surface area contributed by atoms with E-state index in [1.165, 1.54) is 0 Å². The Morgan fingerprint density at radius 3 is 2.60 bits per heavy atom. The normalized spacial score (nSPS) is 31.7. The van der Waals surface area contributed by atoms with Crippen molar-refractivity contribution in [1.29, 1.82) is 5.41 Å². The first-order valence-corrected chi connectivity index (χ1v) is 13.0. The molecule has 0 amide bonds. The van der Waals surface area contributed by atoms with Gasteiger partial charge in [-0.2, -0.15) is 0 Å². The molecule has 2 fully saturated rings. The Morgan fingerprint density at radius 2 is 2.00 bits per heavy atom. The van der Waals surface area contributed by atoms with Crippen molar-refractivity contribution in [2.45, 2.75) is 82.6 Å². The topological polar surface area (TPSA) is 135 Å². The van der Waals surface area contributed by atoms with Crippen LogP contribution >= 0.6 is 0 Å². The van der Waals surface area contributed by atoms with Crippen molar-refractivity contribution in [1.82, 2.24) is 4.98 Å². The first-order valence-electron chi connectivity index (χ1n) is 10.1. The second-order valence-electron chi connectivity index (χ2n) is 9.87. The zero-order valence-electron chi connectivity index (χ0n) is 18.8. The molecule has 0 aromatic carbocycles. The number of fused-ring (bicyclic) bond motifs is 1. The lowest BCUT2D eigenvalue weighted by molar-refractivity contribution is -0.284. The van der Waals surface area contributed by atoms with Crippen LogP contribution in [-0.2, 0) is 24.4 Å². The van der Waals surface area contributed by atoms with Crippen LogP contribution < -0.4 is 5.73 Å². The molecule has 1 unspecified atom stereocenters. The van der Waals surface area contributed by atoms with E-state index in [0.29, 0.717) is 18.0 Å². The summed E-state index contributed by atoms with van der Waals surface area (Å²) in [6.07, 6.45) is -0.880. The number of hydrogen-bond acceptors (Lipinski definition) is 6. The number of aromatic nitrogens is 1. The molecular weight excluding hydrogens is 404 g/mol. The number of ether oxygens (including phenoxy) is 3. The molecule has 3 heterocycles. The molecule has 0 spiro atoms. The summed E-state index contributed by atoms with van der Waals surface area (Å²) in [6.45, 7) is 14.8. The van der Waals surface area contributed by atoms with E-state index >= 15 is 0 Å². The number of nitrogens with zero attached hydrogens (tertiary/aromatic N) is 1. The van der Waals surface area contributed by atoms with Crippen LogP contribution in [-0.4, -0.2) is 61.3 Å². The predicted octanol–water partition coefficient (Wildman–Crippen LogP) is 2.41. The van der Waals surface area contributed by atoms with Gasteiger partial charge in [0.1, 0.15) is 30.5 Å². The Hall–Kier alpha value is -1.56. The molecule has 30 heavy (non-hydrogen) atoms. The molecule has 10 heteroatoms. The highest BCUT2D eigenvalue weighted by molar-refractivity contribution is 6.74. The van der Waals surface area contributed by atoms with Gasteiger partial charge >= 0.3 is 0 Å². The van der Waals surface area contributed by atoms with Crippen LogP contribution in [0.15, 0.2) is 17.1 Å². The van der Waals surface area contributed by atoms with Gasteiger partial charge in [-0.3, -0.25) is 5.41 Å². The highest BCUT2D eigenvalue weighted by atomic mass is 28.4. The molecule has 0 aliphatic carbocycles. The number of hydrogen-bond donors (Lipinski definition) is 4. The molecule has 5 N–H and O–H groups in total. The lowest BCUT2D eigenvalue weighted by Crippen LogP contribution is -2.44. The van der Waals surface area contributed by atoms with E-state index < -0.39 is 38.2 Å². The number of aliphatic imine (C=N–C) groups is 1. The second kappa shape index (κ2) is 7.54. The van der Waals surface area contributed by atoms with Gasteiger partial charge < -0.3 is 34.5 Å². The second-order valence-corrected chi connectivity index (χ2v) is 14.7. The van der Waals surface area contributed by atoms with Gasteiger partial charge in [-0.05, 0) is 44.1 Å². The summed E-state index contributed by atoms with van der Waals surface area (Å²) in [5.41, 5.74) is 6.70. The van der Waals surface area contributed by atoms with Crippen LogP contribution in [0, 0.1) is 5.41 Å². The van der Waals surface area contributed by atoms with Gasteiger partial charge in [-0.15, -0.1) is 0 Å². The monoisotopic (exact) mass is 438 g/mol. The highest BCUT2D eigenvalue weighted by Crippen LogP contribution is 2.48. The molecular formula is C20H34N4O5Si. The lowest BCUT2D eigenvalue weighted by atomic mass is 10.0. The van der Waals surface area contributed by atoms with Gasteiger partial charge in [0.15, 0.2) is 14.1 Å². The maximum Gasteiger partial charge on any atom is 0.238 e. The molecule has 0 saturated carbocycles. The fourth-order valence-electron chi connectivity index (χ4n) is 3.47. The molecule has 2 saturated heterocycles. The summed E-state index contributed by atoms with van der Waals surface area (Å²) in [4.78, 5) is 6.79. The minimum atomic E-state index is -2.02. The summed E-state index contributed by atoms with van der Waals surface area (Å²) >= 11 is 0. The van der Waals surface area contributed by atoms with Crippen LogP contribution in [0.2, 0.25) is 18.1 Å². The Morgan fingerprint density at radius 1 is 1.33 bits per heavy atom. The third kappa shape index (κ3) is 4.12. The number of nitrogens with one attached hydrogen (secondary N) is 2. The smallest absolute Gasteiger partial charge is 0.238 e. The maximum absolute atomic E-state index is 11.5. The Balaban J connectivity index is 1.87. The van der Waals surface area contributed by atoms with E-state index in [-0.39, 0.29) is 10.9 Å². The van der Waals surface area contributed by atoms with Crippen molar-refractivity contribution in [3.8, 4) is 0 Å². The van der Waals surface area contributed by atoms with Crippen molar-refractivity contribution >= 4 is 20.5 Å². The van der Waals surface area contributed by atoms with Crippen molar-refractivity contribution < 1.29 is 23.7 Å². The van der Waals surface area contributed by atoms with Gasteiger partial charge in [0.25, 0.3) is 0 Å². The van der Waals surface area contributed by atoms with Gasteiger partial charge in [0.05, 0.1) is 18.0 Å². The van der Waals surface area contributed by atoms with E-state index in [9.17, 15) is 5.11 Å². The van der Waals surface area contributed by atoms with Crippen LogP contribution in [0.25, 0.3) is 0 Å². The summed E-state index contributed by atoms with van der Waals surface area (Å²) in [6, 6.07) is 3.35. The molecule has 4 atom stereocenters. The Bertz CT molecular complexity index is 831. The zero-order valence-corrected chi connectivity index (χ0v) is 19.8. The number of rotatable bonds is 6. The first-order chi connectivity index (χ1) is 13.7. The quantitative estimate of drug-likeness (QED) is 0.306. The number of H-pyrrole nitrogens is 1. The molecule has 1 aromatic heterocycles. The zero-order chi connectivity index (χ0) is 22.5. The molecule has 2 aliphatic heterocycles. The van der Waals surface area contributed by atoms with E-state index in [4.69, 9.17) is 29.8 Å². The number of aromatic amines is 1. The van der Waals surface area contributed by atoms with Crippen LogP contribution in [0.1, 0.15) is 46.0 Å². The average molecular weight is 439 g/mol. The van der Waals surface area contributed by atoms with E-state index in [0.717, 1.165) is 6.34 Å². The maximum atomic E-state index is 11.5. The van der Waals surface area contributed by atoms with Crippen LogP contribution in [0.3, 0.4) is 0 Å². The predicted molar refractivity (Wildman–Crippen MR) is 116 cm³/mol. The standard InChI is InChI=1S/C20H34N4O5Si/c1-18(2,3)30(6,7)26-10-13-15-16(29-19(4,5)28-15)20(25,27-13)14-9-8-12(24-14)17(22)23-11-21/h8-9,11,13,15-16,24-25H,10H2,1-7H3,(H3,21,22,23)/t13-,15-,16-,20?/m1/s1. The molecule has 2 aliphatic rings. The number of aliphatic hydroxyl groups is 1. The van der Waals surface area contributed by atoms with Gasteiger partial charge in [-0.25, -0.2) is 4.99 Å². The molecule has 0 bridgehead atoms. The highest BCUT2D eigenvalue weighted by Gasteiger charge is 2.64. The van der Waals surface area contributed by atoms with Crippen molar-refractivity contribution in [2.24, 2.45) is 10.7 Å². The molecule has 3 rings (SSSR count). The Labute approximate surface area is 178 Å². The first kappa shape index (κ1) is 23.1. The van der Waals surface area contributed by atoms with Gasteiger partial charge in [0, 0.05) is 0 Å². The molecule has 0 radical (unpaired) electrons. The van der Waals surface area contributed by atoms with E-state index in [1.54, 1.807) is 12.1 Å². The van der Waals surface area contributed by atoms with Crippen molar-refractivity contribution in [3.63, 3.8) is 0 Å². The lowest BCUT2D eigenvalue weighted by Gasteiger charge is -2.37. The molecule has 1 aromatic rings.